The highest BCUT2D eigenvalue weighted by atomic mass is 16.6. The van der Waals surface area contributed by atoms with Crippen LogP contribution in [0.4, 0.5) is 4.79 Å². The van der Waals surface area contributed by atoms with E-state index in [9.17, 15) is 14.4 Å². The Morgan fingerprint density at radius 1 is 1.35 bits per heavy atom. The molecule has 8 nitrogen and oxygen atoms in total. The number of aliphatic hydroxyl groups is 1. The minimum Gasteiger partial charge on any atom is -0.467 e. The van der Waals surface area contributed by atoms with Gasteiger partial charge in [0.15, 0.2) is 0 Å². The molecule has 132 valence electrons. The molecule has 0 aromatic heterocycles. The zero-order valence-electron chi connectivity index (χ0n) is 14.1. The number of alkyl carbamates (subject to hydrolysis) is 1. The van der Waals surface area contributed by atoms with E-state index < -0.39 is 35.7 Å². The molecule has 0 aromatic carbocycles. The quantitative estimate of drug-likeness (QED) is 0.708. The molecule has 2 N–H and O–H groups in total. The van der Waals surface area contributed by atoms with E-state index >= 15 is 0 Å². The largest absolute Gasteiger partial charge is 0.467 e. The summed E-state index contributed by atoms with van der Waals surface area (Å²) in [7, 11) is 1.27. The summed E-state index contributed by atoms with van der Waals surface area (Å²) < 4.78 is 9.84. The van der Waals surface area contributed by atoms with Gasteiger partial charge in [-0.3, -0.25) is 4.79 Å². The van der Waals surface area contributed by atoms with Crippen molar-refractivity contribution in [3.8, 4) is 0 Å². The third-order valence-electron chi connectivity index (χ3n) is 3.42. The second-order valence-electron chi connectivity index (χ2n) is 6.42. The van der Waals surface area contributed by atoms with Crippen molar-refractivity contribution in [1.29, 1.82) is 0 Å². The third kappa shape index (κ3) is 5.70. The molecule has 0 radical (unpaired) electrons. The molecule has 0 bridgehead atoms. The lowest BCUT2D eigenvalue weighted by molar-refractivity contribution is -0.151. The molecule has 2 atom stereocenters. The molecule has 1 heterocycles. The molecule has 1 fully saturated rings. The molecule has 2 amide bonds. The lowest BCUT2D eigenvalue weighted by Gasteiger charge is -2.28. The van der Waals surface area contributed by atoms with Crippen molar-refractivity contribution in [2.45, 2.75) is 57.7 Å². The van der Waals surface area contributed by atoms with E-state index in [0.717, 1.165) is 0 Å². The van der Waals surface area contributed by atoms with Gasteiger partial charge in [-0.2, -0.15) is 0 Å². The van der Waals surface area contributed by atoms with Gasteiger partial charge in [0, 0.05) is 13.2 Å². The molecule has 0 saturated carbocycles. The number of aliphatic hydroxyl groups excluding tert-OH is 1. The SMILES string of the molecule is COC(=O)[C@@H]1CCCN1C(=O)[C@H](CCO)NC(=O)OC(C)(C)C. The van der Waals surface area contributed by atoms with Gasteiger partial charge in [-0.25, -0.2) is 9.59 Å². The highest BCUT2D eigenvalue weighted by molar-refractivity contribution is 5.90. The summed E-state index contributed by atoms with van der Waals surface area (Å²) in [5.41, 5.74) is -0.695. The van der Waals surface area contributed by atoms with Gasteiger partial charge in [0.05, 0.1) is 7.11 Å². The average molecular weight is 330 g/mol. The van der Waals surface area contributed by atoms with Crippen LogP contribution in [0.2, 0.25) is 0 Å². The molecule has 8 heteroatoms. The Morgan fingerprint density at radius 3 is 2.52 bits per heavy atom. The summed E-state index contributed by atoms with van der Waals surface area (Å²) in [5.74, 6) is -0.895. The van der Waals surface area contributed by atoms with Crippen LogP contribution in [0, 0.1) is 0 Å². The monoisotopic (exact) mass is 330 g/mol. The molecule has 1 aliphatic rings. The fourth-order valence-corrected chi connectivity index (χ4v) is 2.45. The van der Waals surface area contributed by atoms with Crippen LogP contribution in [0.1, 0.15) is 40.0 Å². The lowest BCUT2D eigenvalue weighted by Crippen LogP contribution is -2.52. The van der Waals surface area contributed by atoms with Crippen LogP contribution in [-0.2, 0) is 19.1 Å². The van der Waals surface area contributed by atoms with Crippen LogP contribution >= 0.6 is 0 Å². The van der Waals surface area contributed by atoms with Gasteiger partial charge in [-0.05, 0) is 40.0 Å². The molecule has 0 unspecified atom stereocenters. The summed E-state index contributed by atoms with van der Waals surface area (Å²) in [5, 5.41) is 11.6. The van der Waals surface area contributed by atoms with Crippen LogP contribution in [0.3, 0.4) is 0 Å². The topological polar surface area (TPSA) is 105 Å². The van der Waals surface area contributed by atoms with E-state index in [1.807, 2.05) is 0 Å². The van der Waals surface area contributed by atoms with Crippen LogP contribution < -0.4 is 5.32 Å². The predicted octanol–water partition coefficient (Wildman–Crippen LogP) is 0.426. The maximum Gasteiger partial charge on any atom is 0.408 e. The number of hydrogen-bond acceptors (Lipinski definition) is 6. The number of esters is 1. The van der Waals surface area contributed by atoms with Crippen molar-refractivity contribution in [2.75, 3.05) is 20.3 Å². The average Bonchev–Trinajstić information content (AvgIpc) is 2.92. The smallest absolute Gasteiger partial charge is 0.408 e. The van der Waals surface area contributed by atoms with Crippen molar-refractivity contribution >= 4 is 18.0 Å². The second-order valence-corrected chi connectivity index (χ2v) is 6.42. The van der Waals surface area contributed by atoms with Crippen molar-refractivity contribution in [3.05, 3.63) is 0 Å². The zero-order chi connectivity index (χ0) is 17.6. The Balaban J connectivity index is 2.77. The molecule has 23 heavy (non-hydrogen) atoms. The van der Waals surface area contributed by atoms with Gasteiger partial charge >= 0.3 is 12.1 Å². The molecule has 1 rings (SSSR count). The summed E-state index contributed by atoms with van der Waals surface area (Å²) in [6.45, 7) is 5.27. The number of carbonyl (C=O) groups excluding carboxylic acids is 3. The first-order valence-corrected chi connectivity index (χ1v) is 7.68. The van der Waals surface area contributed by atoms with Crippen molar-refractivity contribution in [1.82, 2.24) is 10.2 Å². The van der Waals surface area contributed by atoms with E-state index in [0.29, 0.717) is 19.4 Å². The molecular weight excluding hydrogens is 304 g/mol. The highest BCUT2D eigenvalue weighted by Gasteiger charge is 2.38. The third-order valence-corrected chi connectivity index (χ3v) is 3.42. The molecule has 1 saturated heterocycles. The molecule has 0 aliphatic carbocycles. The second kappa shape index (κ2) is 8.14. The van der Waals surface area contributed by atoms with Crippen molar-refractivity contribution < 1.29 is 29.0 Å². The number of carbonyl (C=O) groups is 3. The Morgan fingerprint density at radius 2 is 2.00 bits per heavy atom. The number of likely N-dealkylation sites (tertiary alicyclic amines) is 1. The number of amides is 2. The Kier molecular flexibility index (Phi) is 6.80. The molecular formula is C15H26N2O6. The number of hydrogen-bond donors (Lipinski definition) is 2. The van der Waals surface area contributed by atoms with Crippen LogP contribution in [0.15, 0.2) is 0 Å². The first-order chi connectivity index (χ1) is 10.7. The van der Waals surface area contributed by atoms with Gasteiger partial charge in [-0.15, -0.1) is 0 Å². The van der Waals surface area contributed by atoms with Crippen LogP contribution in [-0.4, -0.2) is 65.9 Å². The highest BCUT2D eigenvalue weighted by Crippen LogP contribution is 2.20. The van der Waals surface area contributed by atoms with Gasteiger partial charge in [0.25, 0.3) is 0 Å². The molecule has 1 aliphatic heterocycles. The summed E-state index contributed by atoms with van der Waals surface area (Å²) in [6.07, 6.45) is 0.515. The fourth-order valence-electron chi connectivity index (χ4n) is 2.45. The lowest BCUT2D eigenvalue weighted by atomic mass is 10.1. The number of methoxy groups -OCH3 is 1. The standard InChI is InChI=1S/C15H26N2O6/c1-15(2,3)23-14(21)16-10(7-9-18)12(19)17-8-5-6-11(17)13(20)22-4/h10-11,18H,5-9H2,1-4H3,(H,16,21)/t10-,11-/m0/s1. The Bertz CT molecular complexity index is 446. The van der Waals surface area contributed by atoms with Gasteiger partial charge in [0.1, 0.15) is 17.7 Å². The van der Waals surface area contributed by atoms with E-state index in [2.05, 4.69) is 5.32 Å². The minimum atomic E-state index is -0.944. The number of rotatable bonds is 5. The minimum absolute atomic E-state index is 0.0441. The summed E-state index contributed by atoms with van der Waals surface area (Å²) in [4.78, 5) is 37.6. The van der Waals surface area contributed by atoms with E-state index in [1.165, 1.54) is 12.0 Å². The van der Waals surface area contributed by atoms with Crippen LogP contribution in [0.5, 0.6) is 0 Å². The molecule has 0 spiro atoms. The fraction of sp³-hybridized carbons (Fsp3) is 0.800. The number of ether oxygens (including phenoxy) is 2. The number of nitrogens with one attached hydrogen (secondary N) is 1. The van der Waals surface area contributed by atoms with Gasteiger partial charge in [0.2, 0.25) is 5.91 Å². The Labute approximate surface area is 136 Å². The van der Waals surface area contributed by atoms with Crippen LogP contribution in [0.25, 0.3) is 0 Å². The van der Waals surface area contributed by atoms with Gasteiger partial charge < -0.3 is 24.8 Å². The van der Waals surface area contributed by atoms with Crippen molar-refractivity contribution in [2.24, 2.45) is 0 Å². The van der Waals surface area contributed by atoms with Crippen molar-refractivity contribution in [3.63, 3.8) is 0 Å². The van der Waals surface area contributed by atoms with E-state index in [4.69, 9.17) is 14.6 Å². The number of nitrogens with zero attached hydrogens (tertiary/aromatic N) is 1. The summed E-state index contributed by atoms with van der Waals surface area (Å²) in [6, 6.07) is -1.59. The summed E-state index contributed by atoms with van der Waals surface area (Å²) >= 11 is 0. The molecule has 0 aromatic rings. The first-order valence-electron chi connectivity index (χ1n) is 7.68. The van der Waals surface area contributed by atoms with E-state index in [-0.39, 0.29) is 13.0 Å². The maximum atomic E-state index is 12.6. The first kappa shape index (κ1) is 19.2. The normalized spacial score (nSPS) is 19.2. The predicted molar refractivity (Wildman–Crippen MR) is 81.6 cm³/mol. The Hall–Kier alpha value is -1.83. The van der Waals surface area contributed by atoms with Gasteiger partial charge in [-0.1, -0.05) is 0 Å². The van der Waals surface area contributed by atoms with E-state index in [1.54, 1.807) is 20.8 Å². The zero-order valence-corrected chi connectivity index (χ0v) is 14.1. The maximum absolute atomic E-state index is 12.6.